The van der Waals surface area contributed by atoms with Gasteiger partial charge in [-0.25, -0.2) is 8.42 Å². The van der Waals surface area contributed by atoms with Gasteiger partial charge in [0.15, 0.2) is 0 Å². The lowest BCUT2D eigenvalue weighted by Gasteiger charge is -2.23. The van der Waals surface area contributed by atoms with Crippen LogP contribution in [0.15, 0.2) is 11.1 Å². The molecule has 0 aliphatic carbocycles. The van der Waals surface area contributed by atoms with Crippen molar-refractivity contribution in [1.29, 1.82) is 0 Å². The standard InChI is InChI=1S/C11H20N4O2S/c1-9-11(8-13-14-9)18(16,17)15-7-3-5-10(15)4-2-6-12/h8,10H,2-7,12H2,1H3,(H,13,14). The number of aromatic amines is 1. The first-order valence-electron chi connectivity index (χ1n) is 6.29. The average Bonchev–Trinajstić information content (AvgIpc) is 2.94. The molecule has 0 radical (unpaired) electrons. The van der Waals surface area contributed by atoms with Crippen LogP contribution in [0.1, 0.15) is 31.4 Å². The predicted octanol–water partition coefficient (Wildman–Crippen LogP) is 0.610. The molecule has 3 N–H and O–H groups in total. The van der Waals surface area contributed by atoms with Gasteiger partial charge in [-0.2, -0.15) is 9.40 Å². The Balaban J connectivity index is 2.22. The molecule has 0 amide bonds. The molecule has 1 saturated heterocycles. The van der Waals surface area contributed by atoms with Gasteiger partial charge in [-0.15, -0.1) is 0 Å². The Hall–Kier alpha value is -0.920. The second-order valence-electron chi connectivity index (χ2n) is 4.70. The summed E-state index contributed by atoms with van der Waals surface area (Å²) in [6, 6.07) is 0.0906. The van der Waals surface area contributed by atoms with Crippen LogP contribution in [-0.2, 0) is 10.0 Å². The lowest BCUT2D eigenvalue weighted by molar-refractivity contribution is 0.365. The molecule has 0 saturated carbocycles. The fourth-order valence-corrected chi connectivity index (χ4v) is 4.34. The molecule has 0 spiro atoms. The van der Waals surface area contributed by atoms with Crippen LogP contribution in [0.4, 0.5) is 0 Å². The smallest absolute Gasteiger partial charge is 0.246 e. The zero-order chi connectivity index (χ0) is 13.2. The summed E-state index contributed by atoms with van der Waals surface area (Å²) >= 11 is 0. The average molecular weight is 272 g/mol. The van der Waals surface area contributed by atoms with Crippen LogP contribution in [0.5, 0.6) is 0 Å². The summed E-state index contributed by atoms with van der Waals surface area (Å²) in [5.74, 6) is 0. The second kappa shape index (κ2) is 5.38. The quantitative estimate of drug-likeness (QED) is 0.821. The van der Waals surface area contributed by atoms with Gasteiger partial charge in [0.05, 0.1) is 11.9 Å². The molecule has 1 unspecified atom stereocenters. The van der Waals surface area contributed by atoms with E-state index < -0.39 is 10.0 Å². The second-order valence-corrected chi connectivity index (χ2v) is 6.56. The SMILES string of the molecule is Cc1[nH]ncc1S(=O)(=O)N1CCCC1CCCN. The third kappa shape index (κ3) is 2.43. The Labute approximate surface area is 108 Å². The van der Waals surface area contributed by atoms with Gasteiger partial charge in [-0.05, 0) is 39.2 Å². The highest BCUT2D eigenvalue weighted by Gasteiger charge is 2.36. The highest BCUT2D eigenvalue weighted by Crippen LogP contribution is 2.29. The normalized spacial score (nSPS) is 21.6. The van der Waals surface area contributed by atoms with E-state index in [0.29, 0.717) is 23.7 Å². The Morgan fingerprint density at radius 1 is 1.61 bits per heavy atom. The molecule has 2 rings (SSSR count). The topological polar surface area (TPSA) is 92.1 Å². The Kier molecular flexibility index (Phi) is 4.04. The third-order valence-corrected chi connectivity index (χ3v) is 5.50. The van der Waals surface area contributed by atoms with Crippen LogP contribution < -0.4 is 5.73 Å². The van der Waals surface area contributed by atoms with E-state index in [4.69, 9.17) is 5.73 Å². The van der Waals surface area contributed by atoms with Crippen molar-refractivity contribution >= 4 is 10.0 Å². The molecule has 18 heavy (non-hydrogen) atoms. The van der Waals surface area contributed by atoms with Crippen LogP contribution in [0.2, 0.25) is 0 Å². The van der Waals surface area contributed by atoms with Crippen molar-refractivity contribution in [2.75, 3.05) is 13.1 Å². The molecular weight excluding hydrogens is 252 g/mol. The number of nitrogens with one attached hydrogen (secondary N) is 1. The van der Waals surface area contributed by atoms with Crippen LogP contribution >= 0.6 is 0 Å². The number of hydrogen-bond donors (Lipinski definition) is 2. The zero-order valence-electron chi connectivity index (χ0n) is 10.6. The molecule has 0 aromatic carbocycles. The number of rotatable bonds is 5. The highest BCUT2D eigenvalue weighted by atomic mass is 32.2. The molecule has 0 bridgehead atoms. The number of nitrogens with zero attached hydrogens (tertiary/aromatic N) is 2. The molecule has 1 aliphatic rings. The van der Waals surface area contributed by atoms with Gasteiger partial charge >= 0.3 is 0 Å². The zero-order valence-corrected chi connectivity index (χ0v) is 11.4. The van der Waals surface area contributed by atoms with E-state index in [1.54, 1.807) is 11.2 Å². The lowest BCUT2D eigenvalue weighted by atomic mass is 10.1. The molecule has 2 heterocycles. The minimum absolute atomic E-state index is 0.0906. The highest BCUT2D eigenvalue weighted by molar-refractivity contribution is 7.89. The van der Waals surface area contributed by atoms with E-state index in [1.165, 1.54) is 6.20 Å². The number of hydrogen-bond acceptors (Lipinski definition) is 4. The van der Waals surface area contributed by atoms with Gasteiger partial charge in [0.1, 0.15) is 4.90 Å². The molecule has 1 atom stereocenters. The van der Waals surface area contributed by atoms with Crippen molar-refractivity contribution in [3.8, 4) is 0 Å². The molecule has 1 aliphatic heterocycles. The summed E-state index contributed by atoms with van der Waals surface area (Å²) in [4.78, 5) is 0.294. The van der Waals surface area contributed by atoms with Crippen molar-refractivity contribution in [3.05, 3.63) is 11.9 Å². The number of nitrogens with two attached hydrogens (primary N) is 1. The fourth-order valence-electron chi connectivity index (χ4n) is 2.49. The van der Waals surface area contributed by atoms with E-state index in [0.717, 1.165) is 25.7 Å². The summed E-state index contributed by atoms with van der Waals surface area (Å²) < 4.78 is 26.7. The van der Waals surface area contributed by atoms with Crippen molar-refractivity contribution in [1.82, 2.24) is 14.5 Å². The molecule has 1 aromatic heterocycles. The first-order valence-corrected chi connectivity index (χ1v) is 7.73. The van der Waals surface area contributed by atoms with Crippen LogP contribution in [-0.4, -0.2) is 42.1 Å². The number of H-pyrrole nitrogens is 1. The van der Waals surface area contributed by atoms with Gasteiger partial charge < -0.3 is 5.73 Å². The fraction of sp³-hybridized carbons (Fsp3) is 0.727. The molecule has 102 valence electrons. The van der Waals surface area contributed by atoms with E-state index in [-0.39, 0.29) is 6.04 Å². The van der Waals surface area contributed by atoms with Gasteiger partial charge in [-0.3, -0.25) is 5.10 Å². The molecule has 7 heteroatoms. The molecule has 6 nitrogen and oxygen atoms in total. The van der Waals surface area contributed by atoms with Crippen LogP contribution in [0.25, 0.3) is 0 Å². The van der Waals surface area contributed by atoms with Crippen molar-refractivity contribution in [2.24, 2.45) is 5.73 Å². The summed E-state index contributed by atoms with van der Waals surface area (Å²) in [7, 11) is -3.41. The third-order valence-electron chi connectivity index (χ3n) is 3.43. The van der Waals surface area contributed by atoms with Gasteiger partial charge in [0.25, 0.3) is 0 Å². The number of aromatic nitrogens is 2. The van der Waals surface area contributed by atoms with E-state index in [1.807, 2.05) is 0 Å². The maximum atomic E-state index is 12.5. The molecule has 1 aromatic rings. The van der Waals surface area contributed by atoms with Crippen LogP contribution in [0.3, 0.4) is 0 Å². The Morgan fingerprint density at radius 3 is 3.00 bits per heavy atom. The van der Waals surface area contributed by atoms with E-state index in [9.17, 15) is 8.42 Å². The van der Waals surface area contributed by atoms with Gasteiger partial charge in [-0.1, -0.05) is 0 Å². The van der Waals surface area contributed by atoms with E-state index >= 15 is 0 Å². The summed E-state index contributed by atoms with van der Waals surface area (Å²) in [6.07, 6.45) is 4.94. The monoisotopic (exact) mass is 272 g/mol. The summed E-state index contributed by atoms with van der Waals surface area (Å²) in [5.41, 5.74) is 6.09. The van der Waals surface area contributed by atoms with Crippen LogP contribution in [0, 0.1) is 6.92 Å². The van der Waals surface area contributed by atoms with Crippen molar-refractivity contribution in [3.63, 3.8) is 0 Å². The number of aryl methyl sites for hydroxylation is 1. The minimum Gasteiger partial charge on any atom is -0.330 e. The Bertz CT molecular complexity index is 497. The lowest BCUT2D eigenvalue weighted by Crippen LogP contribution is -2.36. The van der Waals surface area contributed by atoms with Crippen molar-refractivity contribution in [2.45, 2.75) is 43.5 Å². The first kappa shape index (κ1) is 13.5. The summed E-state index contributed by atoms with van der Waals surface area (Å²) in [6.45, 7) is 2.93. The van der Waals surface area contributed by atoms with E-state index in [2.05, 4.69) is 10.2 Å². The largest absolute Gasteiger partial charge is 0.330 e. The Morgan fingerprint density at radius 2 is 2.39 bits per heavy atom. The number of sulfonamides is 1. The van der Waals surface area contributed by atoms with Gasteiger partial charge in [0.2, 0.25) is 10.0 Å². The maximum Gasteiger partial charge on any atom is 0.246 e. The maximum absolute atomic E-state index is 12.5. The molecular formula is C11H20N4O2S. The first-order chi connectivity index (χ1) is 8.57. The molecule has 1 fully saturated rings. The van der Waals surface area contributed by atoms with Crippen molar-refractivity contribution < 1.29 is 8.42 Å². The summed E-state index contributed by atoms with van der Waals surface area (Å²) in [5, 5.41) is 6.48. The predicted molar refractivity (Wildman–Crippen MR) is 68.5 cm³/mol. The minimum atomic E-state index is -3.41. The van der Waals surface area contributed by atoms with Gasteiger partial charge in [0, 0.05) is 12.6 Å².